The lowest BCUT2D eigenvalue weighted by Crippen LogP contribution is -2.07. The molecular formula is C12H13F2N3. The third-order valence-corrected chi connectivity index (χ3v) is 2.42. The summed E-state index contributed by atoms with van der Waals surface area (Å²) in [6, 6.07) is 3.89. The number of anilines is 2. The van der Waals surface area contributed by atoms with Crippen LogP contribution in [0.3, 0.4) is 0 Å². The zero-order chi connectivity index (χ0) is 12.4. The minimum atomic E-state index is -0.636. The van der Waals surface area contributed by atoms with Crippen LogP contribution in [0.4, 0.5) is 20.4 Å². The molecule has 0 radical (unpaired) electrons. The molecule has 1 aromatic carbocycles. The lowest BCUT2D eigenvalue weighted by atomic mass is 10.3. The summed E-state index contributed by atoms with van der Waals surface area (Å²) in [6.07, 6.45) is 3.34. The van der Waals surface area contributed by atoms with Crippen LogP contribution in [0.25, 0.3) is 0 Å². The first-order valence-corrected chi connectivity index (χ1v) is 5.33. The summed E-state index contributed by atoms with van der Waals surface area (Å²) < 4.78 is 28.7. The number of benzene rings is 1. The standard InChI is InChI=1S/C12H13F2N3/c1-8(2)17-7-6-15-12(17)16-11-9(13)4-3-5-10(11)14/h3-8H,1-2H3,(H,15,16). The van der Waals surface area contributed by atoms with Crippen molar-refractivity contribution in [3.05, 3.63) is 42.2 Å². The molecule has 1 heterocycles. The van der Waals surface area contributed by atoms with E-state index in [1.165, 1.54) is 18.2 Å². The van der Waals surface area contributed by atoms with Gasteiger partial charge in [-0.25, -0.2) is 13.8 Å². The van der Waals surface area contributed by atoms with Gasteiger partial charge >= 0.3 is 0 Å². The number of hydrogen-bond donors (Lipinski definition) is 1. The first kappa shape index (κ1) is 11.6. The minimum absolute atomic E-state index is 0.162. The van der Waals surface area contributed by atoms with E-state index in [1.807, 2.05) is 13.8 Å². The summed E-state index contributed by atoms with van der Waals surface area (Å²) in [5.41, 5.74) is -0.180. The topological polar surface area (TPSA) is 29.9 Å². The lowest BCUT2D eigenvalue weighted by molar-refractivity contribution is 0.584. The fourth-order valence-electron chi connectivity index (χ4n) is 1.56. The highest BCUT2D eigenvalue weighted by Crippen LogP contribution is 2.23. The Morgan fingerprint density at radius 3 is 2.47 bits per heavy atom. The molecule has 0 unspecified atom stereocenters. The van der Waals surface area contributed by atoms with E-state index in [9.17, 15) is 8.78 Å². The second-order valence-electron chi connectivity index (χ2n) is 3.97. The van der Waals surface area contributed by atoms with Crippen LogP contribution in [0.15, 0.2) is 30.6 Å². The lowest BCUT2D eigenvalue weighted by Gasteiger charge is -2.13. The van der Waals surface area contributed by atoms with Crippen molar-refractivity contribution in [1.82, 2.24) is 9.55 Å². The van der Waals surface area contributed by atoms with Gasteiger partial charge in [0.05, 0.1) is 0 Å². The molecule has 0 aliphatic rings. The summed E-state index contributed by atoms with van der Waals surface area (Å²) in [5, 5.41) is 2.67. The van der Waals surface area contributed by atoms with Gasteiger partial charge in [0.15, 0.2) is 0 Å². The van der Waals surface area contributed by atoms with Gasteiger partial charge in [-0.2, -0.15) is 0 Å². The van der Waals surface area contributed by atoms with Gasteiger partial charge < -0.3 is 9.88 Å². The highest BCUT2D eigenvalue weighted by atomic mass is 19.1. The Balaban J connectivity index is 2.35. The predicted molar refractivity (Wildman–Crippen MR) is 62.3 cm³/mol. The number of para-hydroxylation sites is 1. The molecule has 2 rings (SSSR count). The van der Waals surface area contributed by atoms with Crippen molar-refractivity contribution < 1.29 is 8.78 Å². The minimum Gasteiger partial charge on any atom is -0.321 e. The summed E-state index contributed by atoms with van der Waals surface area (Å²) in [6.45, 7) is 3.93. The van der Waals surface area contributed by atoms with Crippen LogP contribution in [0.5, 0.6) is 0 Å². The van der Waals surface area contributed by atoms with Crippen molar-refractivity contribution in [3.63, 3.8) is 0 Å². The number of aromatic nitrogens is 2. The van der Waals surface area contributed by atoms with Crippen molar-refractivity contribution >= 4 is 11.6 Å². The fourth-order valence-corrected chi connectivity index (χ4v) is 1.56. The average Bonchev–Trinajstić information content (AvgIpc) is 2.72. The molecule has 17 heavy (non-hydrogen) atoms. The molecule has 0 atom stereocenters. The SMILES string of the molecule is CC(C)n1ccnc1Nc1c(F)cccc1F. The van der Waals surface area contributed by atoms with E-state index in [1.54, 1.807) is 17.0 Å². The third kappa shape index (κ3) is 2.27. The Bertz CT molecular complexity index is 500. The van der Waals surface area contributed by atoms with E-state index in [-0.39, 0.29) is 11.7 Å². The van der Waals surface area contributed by atoms with E-state index < -0.39 is 11.6 Å². The normalized spacial score (nSPS) is 10.9. The second kappa shape index (κ2) is 4.53. The maximum absolute atomic E-state index is 13.4. The van der Waals surface area contributed by atoms with E-state index >= 15 is 0 Å². The quantitative estimate of drug-likeness (QED) is 0.885. The Labute approximate surface area is 98.1 Å². The predicted octanol–water partition coefficient (Wildman–Crippen LogP) is 3.49. The Kier molecular flexibility index (Phi) is 3.08. The molecule has 0 fully saturated rings. The van der Waals surface area contributed by atoms with Crippen LogP contribution in [0.1, 0.15) is 19.9 Å². The first-order valence-electron chi connectivity index (χ1n) is 5.33. The zero-order valence-electron chi connectivity index (χ0n) is 9.61. The van der Waals surface area contributed by atoms with Gasteiger partial charge in [-0.05, 0) is 26.0 Å². The molecule has 1 N–H and O–H groups in total. The van der Waals surface area contributed by atoms with Crippen LogP contribution in [-0.2, 0) is 0 Å². The number of imidazole rings is 1. The second-order valence-corrected chi connectivity index (χ2v) is 3.97. The Morgan fingerprint density at radius 1 is 1.24 bits per heavy atom. The maximum atomic E-state index is 13.4. The van der Waals surface area contributed by atoms with Gasteiger partial charge in [0.25, 0.3) is 0 Å². The van der Waals surface area contributed by atoms with Crippen molar-refractivity contribution in [2.45, 2.75) is 19.9 Å². The molecular weight excluding hydrogens is 224 g/mol. The third-order valence-electron chi connectivity index (χ3n) is 2.42. The van der Waals surface area contributed by atoms with E-state index in [0.717, 1.165) is 0 Å². The fraction of sp³-hybridized carbons (Fsp3) is 0.250. The maximum Gasteiger partial charge on any atom is 0.207 e. The summed E-state index contributed by atoms with van der Waals surface area (Å²) in [7, 11) is 0. The Hall–Kier alpha value is -1.91. The number of rotatable bonds is 3. The molecule has 2 aromatic rings. The van der Waals surface area contributed by atoms with Gasteiger partial charge in [-0.3, -0.25) is 0 Å². The van der Waals surface area contributed by atoms with Crippen LogP contribution >= 0.6 is 0 Å². The van der Waals surface area contributed by atoms with Crippen LogP contribution in [0, 0.1) is 11.6 Å². The Morgan fingerprint density at radius 2 is 1.88 bits per heavy atom. The van der Waals surface area contributed by atoms with Crippen LogP contribution in [-0.4, -0.2) is 9.55 Å². The molecule has 0 spiro atoms. The summed E-state index contributed by atoms with van der Waals surface area (Å²) in [5.74, 6) is -0.851. The smallest absolute Gasteiger partial charge is 0.207 e. The van der Waals surface area contributed by atoms with Gasteiger partial charge in [-0.15, -0.1) is 0 Å². The molecule has 0 bridgehead atoms. The van der Waals surface area contributed by atoms with E-state index in [4.69, 9.17) is 0 Å². The highest BCUT2D eigenvalue weighted by molar-refractivity contribution is 5.55. The molecule has 5 heteroatoms. The largest absolute Gasteiger partial charge is 0.321 e. The number of nitrogens with one attached hydrogen (secondary N) is 1. The molecule has 0 saturated heterocycles. The van der Waals surface area contributed by atoms with Crippen molar-refractivity contribution in [2.75, 3.05) is 5.32 Å². The van der Waals surface area contributed by atoms with Crippen molar-refractivity contribution in [3.8, 4) is 0 Å². The van der Waals surface area contributed by atoms with E-state index in [0.29, 0.717) is 5.95 Å². The molecule has 0 aliphatic carbocycles. The molecule has 0 saturated carbocycles. The molecule has 0 amide bonds. The molecule has 1 aromatic heterocycles. The molecule has 3 nitrogen and oxygen atoms in total. The molecule has 0 aliphatic heterocycles. The van der Waals surface area contributed by atoms with Crippen LogP contribution < -0.4 is 5.32 Å². The average molecular weight is 237 g/mol. The number of halogens is 2. The zero-order valence-corrected chi connectivity index (χ0v) is 9.61. The summed E-state index contributed by atoms with van der Waals surface area (Å²) >= 11 is 0. The number of hydrogen-bond acceptors (Lipinski definition) is 2. The highest BCUT2D eigenvalue weighted by Gasteiger charge is 2.12. The van der Waals surface area contributed by atoms with Crippen molar-refractivity contribution in [1.29, 1.82) is 0 Å². The summed E-state index contributed by atoms with van der Waals surface area (Å²) in [4.78, 5) is 4.03. The van der Waals surface area contributed by atoms with E-state index in [2.05, 4.69) is 10.3 Å². The first-order chi connectivity index (χ1) is 8.09. The van der Waals surface area contributed by atoms with Gasteiger partial charge in [0, 0.05) is 18.4 Å². The number of nitrogens with zero attached hydrogens (tertiary/aromatic N) is 2. The monoisotopic (exact) mass is 237 g/mol. The van der Waals surface area contributed by atoms with Gasteiger partial charge in [0.1, 0.15) is 17.3 Å². The van der Waals surface area contributed by atoms with Crippen LogP contribution in [0.2, 0.25) is 0 Å². The van der Waals surface area contributed by atoms with Gasteiger partial charge in [-0.1, -0.05) is 6.07 Å². The van der Waals surface area contributed by atoms with Gasteiger partial charge in [0.2, 0.25) is 5.95 Å². The molecule has 90 valence electrons. The van der Waals surface area contributed by atoms with Crippen molar-refractivity contribution in [2.24, 2.45) is 0 Å².